The second-order valence-corrected chi connectivity index (χ2v) is 5.00. The number of anilines is 1. The number of aliphatic hydroxyl groups is 1. The van der Waals surface area contributed by atoms with Gasteiger partial charge in [-0.05, 0) is 24.6 Å². The molecule has 0 aliphatic heterocycles. The van der Waals surface area contributed by atoms with Crippen molar-refractivity contribution < 1.29 is 9.90 Å². The van der Waals surface area contributed by atoms with Gasteiger partial charge in [-0.2, -0.15) is 0 Å². The van der Waals surface area contributed by atoms with Crippen molar-refractivity contribution in [1.29, 1.82) is 0 Å². The minimum atomic E-state index is -0.302. The van der Waals surface area contributed by atoms with Crippen LogP contribution in [0.25, 0.3) is 0 Å². The molecule has 0 saturated heterocycles. The Balaban J connectivity index is 2.45. The minimum absolute atomic E-state index is 0.0394. The molecule has 94 valence electrons. The summed E-state index contributed by atoms with van der Waals surface area (Å²) in [6.45, 7) is 6.22. The number of nitrogens with one attached hydrogen (secondary N) is 2. The summed E-state index contributed by atoms with van der Waals surface area (Å²) in [4.78, 5) is 11.6. The Bertz CT molecular complexity index is 389. The van der Waals surface area contributed by atoms with Crippen molar-refractivity contribution in [1.82, 2.24) is 5.32 Å². The lowest BCUT2D eigenvalue weighted by molar-refractivity contribution is 0.158. The molecule has 0 saturated carbocycles. The standard InChI is InChI=1S/C13H20N2O2/c1-10-5-4-6-11(7-10)15-12(17)14-8-13(2,3)9-16/h4-7,16H,8-9H2,1-3H3,(H2,14,15,17). The quantitative estimate of drug-likeness (QED) is 0.750. The number of amides is 2. The van der Waals surface area contributed by atoms with Crippen LogP contribution in [0.15, 0.2) is 24.3 Å². The molecular weight excluding hydrogens is 216 g/mol. The van der Waals surface area contributed by atoms with Crippen LogP contribution in [0.3, 0.4) is 0 Å². The Kier molecular flexibility index (Phi) is 4.52. The summed E-state index contributed by atoms with van der Waals surface area (Å²) in [7, 11) is 0. The smallest absolute Gasteiger partial charge is 0.319 e. The molecule has 3 N–H and O–H groups in total. The number of carbonyl (C=O) groups is 1. The molecule has 4 nitrogen and oxygen atoms in total. The molecule has 1 aromatic carbocycles. The van der Waals surface area contributed by atoms with E-state index in [4.69, 9.17) is 5.11 Å². The van der Waals surface area contributed by atoms with Crippen LogP contribution < -0.4 is 10.6 Å². The predicted octanol–water partition coefficient (Wildman–Crippen LogP) is 2.14. The number of carbonyl (C=O) groups excluding carboxylic acids is 1. The SMILES string of the molecule is Cc1cccc(NC(=O)NCC(C)(C)CO)c1. The van der Waals surface area contributed by atoms with Crippen molar-refractivity contribution in [2.75, 3.05) is 18.5 Å². The summed E-state index contributed by atoms with van der Waals surface area (Å²) in [5, 5.41) is 14.5. The molecule has 0 atom stereocenters. The summed E-state index contributed by atoms with van der Waals surface area (Å²) < 4.78 is 0. The third kappa shape index (κ3) is 4.87. The van der Waals surface area contributed by atoms with Crippen molar-refractivity contribution in [3.8, 4) is 0 Å². The lowest BCUT2D eigenvalue weighted by Crippen LogP contribution is -2.38. The molecule has 0 spiro atoms. The van der Waals surface area contributed by atoms with E-state index >= 15 is 0 Å². The first-order valence-corrected chi connectivity index (χ1v) is 5.65. The van der Waals surface area contributed by atoms with Crippen molar-refractivity contribution in [2.45, 2.75) is 20.8 Å². The van der Waals surface area contributed by atoms with Gasteiger partial charge in [-0.1, -0.05) is 26.0 Å². The van der Waals surface area contributed by atoms with E-state index in [0.29, 0.717) is 6.54 Å². The lowest BCUT2D eigenvalue weighted by atomic mass is 9.95. The molecule has 1 aromatic rings. The number of benzene rings is 1. The number of aliphatic hydroxyl groups excluding tert-OH is 1. The fourth-order valence-electron chi connectivity index (χ4n) is 1.27. The highest BCUT2D eigenvalue weighted by Crippen LogP contribution is 2.12. The number of rotatable bonds is 4. The van der Waals surface area contributed by atoms with Crippen molar-refractivity contribution in [2.24, 2.45) is 5.41 Å². The van der Waals surface area contributed by atoms with Crippen LogP contribution in [0.4, 0.5) is 10.5 Å². The number of hydrogen-bond acceptors (Lipinski definition) is 2. The molecule has 0 bridgehead atoms. The monoisotopic (exact) mass is 236 g/mol. The predicted molar refractivity (Wildman–Crippen MR) is 69.1 cm³/mol. The van der Waals surface area contributed by atoms with Crippen LogP contribution in [0.1, 0.15) is 19.4 Å². The van der Waals surface area contributed by atoms with E-state index in [1.165, 1.54) is 0 Å². The van der Waals surface area contributed by atoms with E-state index in [-0.39, 0.29) is 18.1 Å². The summed E-state index contributed by atoms with van der Waals surface area (Å²) in [6.07, 6.45) is 0. The van der Waals surface area contributed by atoms with Gasteiger partial charge in [0.25, 0.3) is 0 Å². The molecule has 0 radical (unpaired) electrons. The topological polar surface area (TPSA) is 61.4 Å². The maximum Gasteiger partial charge on any atom is 0.319 e. The van der Waals surface area contributed by atoms with Gasteiger partial charge in [0, 0.05) is 24.3 Å². The first kappa shape index (κ1) is 13.5. The zero-order chi connectivity index (χ0) is 12.9. The van der Waals surface area contributed by atoms with Gasteiger partial charge < -0.3 is 15.7 Å². The number of urea groups is 1. The molecule has 0 fully saturated rings. The van der Waals surface area contributed by atoms with Crippen LogP contribution in [0.2, 0.25) is 0 Å². The van der Waals surface area contributed by atoms with Crippen LogP contribution in [-0.2, 0) is 0 Å². The van der Waals surface area contributed by atoms with Gasteiger partial charge in [-0.15, -0.1) is 0 Å². The first-order valence-electron chi connectivity index (χ1n) is 5.65. The fraction of sp³-hybridized carbons (Fsp3) is 0.462. The van der Waals surface area contributed by atoms with Gasteiger partial charge in [0.2, 0.25) is 0 Å². The van der Waals surface area contributed by atoms with E-state index < -0.39 is 0 Å². The van der Waals surface area contributed by atoms with Crippen LogP contribution in [0, 0.1) is 12.3 Å². The third-order valence-corrected chi connectivity index (χ3v) is 2.43. The molecule has 17 heavy (non-hydrogen) atoms. The van der Waals surface area contributed by atoms with Crippen LogP contribution in [-0.4, -0.2) is 24.3 Å². The van der Waals surface area contributed by atoms with E-state index in [9.17, 15) is 4.79 Å². The molecule has 0 heterocycles. The molecule has 0 unspecified atom stereocenters. The Morgan fingerprint density at radius 1 is 1.41 bits per heavy atom. The molecule has 2 amide bonds. The van der Waals surface area contributed by atoms with Gasteiger partial charge in [0.05, 0.1) is 0 Å². The maximum atomic E-state index is 11.6. The van der Waals surface area contributed by atoms with E-state index in [2.05, 4.69) is 10.6 Å². The summed E-state index contributed by atoms with van der Waals surface area (Å²) in [5.41, 5.74) is 1.56. The molecule has 4 heteroatoms. The number of aryl methyl sites for hydroxylation is 1. The highest BCUT2D eigenvalue weighted by Gasteiger charge is 2.17. The normalized spacial score (nSPS) is 11.1. The second kappa shape index (κ2) is 5.68. The summed E-state index contributed by atoms with van der Waals surface area (Å²) in [5.74, 6) is 0. The van der Waals surface area contributed by atoms with E-state index in [1.807, 2.05) is 45.0 Å². The molecule has 0 aromatic heterocycles. The van der Waals surface area contributed by atoms with Crippen molar-refractivity contribution >= 4 is 11.7 Å². The van der Waals surface area contributed by atoms with Gasteiger partial charge in [0.1, 0.15) is 0 Å². The van der Waals surface area contributed by atoms with Gasteiger partial charge in [-0.3, -0.25) is 0 Å². The molecular formula is C13H20N2O2. The molecule has 0 aliphatic rings. The fourth-order valence-corrected chi connectivity index (χ4v) is 1.27. The van der Waals surface area contributed by atoms with E-state index in [1.54, 1.807) is 0 Å². The average molecular weight is 236 g/mol. The second-order valence-electron chi connectivity index (χ2n) is 5.00. The van der Waals surface area contributed by atoms with Crippen molar-refractivity contribution in [3.63, 3.8) is 0 Å². The van der Waals surface area contributed by atoms with Gasteiger partial charge in [0.15, 0.2) is 0 Å². The molecule has 0 aliphatic carbocycles. The number of hydrogen-bond donors (Lipinski definition) is 3. The van der Waals surface area contributed by atoms with Gasteiger partial charge >= 0.3 is 6.03 Å². The zero-order valence-electron chi connectivity index (χ0n) is 10.6. The first-order chi connectivity index (χ1) is 7.93. The Labute approximate surface area is 102 Å². The largest absolute Gasteiger partial charge is 0.396 e. The van der Waals surface area contributed by atoms with Crippen LogP contribution >= 0.6 is 0 Å². The average Bonchev–Trinajstić information content (AvgIpc) is 2.27. The van der Waals surface area contributed by atoms with Gasteiger partial charge in [-0.25, -0.2) is 4.79 Å². The van der Waals surface area contributed by atoms with Crippen LogP contribution in [0.5, 0.6) is 0 Å². The Morgan fingerprint density at radius 3 is 2.71 bits per heavy atom. The third-order valence-electron chi connectivity index (χ3n) is 2.43. The minimum Gasteiger partial charge on any atom is -0.396 e. The zero-order valence-corrected chi connectivity index (χ0v) is 10.6. The lowest BCUT2D eigenvalue weighted by Gasteiger charge is -2.21. The summed E-state index contributed by atoms with van der Waals surface area (Å²) >= 11 is 0. The maximum absolute atomic E-state index is 11.6. The summed E-state index contributed by atoms with van der Waals surface area (Å²) in [6, 6.07) is 7.35. The Morgan fingerprint density at radius 2 is 2.12 bits per heavy atom. The highest BCUT2D eigenvalue weighted by atomic mass is 16.3. The van der Waals surface area contributed by atoms with E-state index in [0.717, 1.165) is 11.3 Å². The van der Waals surface area contributed by atoms with Crippen molar-refractivity contribution in [3.05, 3.63) is 29.8 Å². The molecule has 1 rings (SSSR count). The highest BCUT2D eigenvalue weighted by molar-refractivity contribution is 5.89. The Hall–Kier alpha value is -1.55.